The molecule has 28 heavy (non-hydrogen) atoms. The number of rotatable bonds is 7. The third-order valence-electron chi connectivity index (χ3n) is 4.73. The first-order valence-electron chi connectivity index (χ1n) is 9.07. The predicted molar refractivity (Wildman–Crippen MR) is 109 cm³/mol. The van der Waals surface area contributed by atoms with Crippen LogP contribution in [0, 0.1) is 0 Å². The smallest absolute Gasteiger partial charge is 0.273 e. The highest BCUT2D eigenvalue weighted by Gasteiger charge is 2.35. The number of hydrogen-bond donors (Lipinski definition) is 0. The van der Waals surface area contributed by atoms with E-state index >= 15 is 0 Å². The second-order valence-electron chi connectivity index (χ2n) is 6.66. The normalized spacial score (nSPS) is 18.0. The molecule has 0 saturated carbocycles. The number of sulfone groups is 1. The molecule has 9 heteroatoms. The van der Waals surface area contributed by atoms with Gasteiger partial charge in [-0.25, -0.2) is 13.4 Å². The summed E-state index contributed by atoms with van der Waals surface area (Å²) in [7, 11) is 0.0748. The van der Waals surface area contributed by atoms with Crippen LogP contribution in [0.3, 0.4) is 0 Å². The van der Waals surface area contributed by atoms with E-state index in [9.17, 15) is 13.2 Å². The molecule has 1 unspecified atom stereocenters. The highest BCUT2D eigenvalue weighted by atomic mass is 32.2. The second-order valence-corrected chi connectivity index (χ2v) is 9.75. The van der Waals surface area contributed by atoms with Crippen molar-refractivity contribution in [3.8, 4) is 22.1 Å². The van der Waals surface area contributed by atoms with Crippen LogP contribution in [-0.2, 0) is 9.84 Å². The summed E-state index contributed by atoms with van der Waals surface area (Å²) in [6, 6.07) is 5.20. The minimum absolute atomic E-state index is 0.0331. The van der Waals surface area contributed by atoms with Gasteiger partial charge in [0.25, 0.3) is 5.91 Å². The molecule has 1 atom stereocenters. The lowest BCUT2D eigenvalue weighted by molar-refractivity contribution is 0.0692. The highest BCUT2D eigenvalue weighted by Crippen LogP contribution is 2.34. The van der Waals surface area contributed by atoms with E-state index < -0.39 is 9.84 Å². The Hall–Kier alpha value is -2.13. The Morgan fingerprint density at radius 1 is 1.29 bits per heavy atom. The summed E-state index contributed by atoms with van der Waals surface area (Å²) in [5.74, 6) is 1.17. The molecule has 0 aliphatic carbocycles. The van der Waals surface area contributed by atoms with Crippen LogP contribution in [0.2, 0.25) is 0 Å². The predicted octanol–water partition coefficient (Wildman–Crippen LogP) is 2.87. The molecule has 0 radical (unpaired) electrons. The Balaban J connectivity index is 1.84. The number of methoxy groups -OCH3 is 2. The van der Waals surface area contributed by atoms with Gasteiger partial charge >= 0.3 is 0 Å². The Bertz CT molecular complexity index is 955. The van der Waals surface area contributed by atoms with Crippen molar-refractivity contribution in [2.24, 2.45) is 0 Å². The van der Waals surface area contributed by atoms with Crippen LogP contribution in [0.1, 0.15) is 30.3 Å². The molecule has 3 rings (SSSR count). The van der Waals surface area contributed by atoms with E-state index in [1.54, 1.807) is 30.6 Å². The molecule has 2 aromatic rings. The first kappa shape index (κ1) is 20.6. The van der Waals surface area contributed by atoms with E-state index in [0.29, 0.717) is 35.2 Å². The van der Waals surface area contributed by atoms with Crippen molar-refractivity contribution in [1.29, 1.82) is 0 Å². The van der Waals surface area contributed by atoms with E-state index in [2.05, 4.69) is 4.98 Å². The molecule has 1 aromatic carbocycles. The lowest BCUT2D eigenvalue weighted by atomic mass is 10.2. The number of aromatic nitrogens is 1. The number of carbonyl (C=O) groups excluding carboxylic acids is 1. The van der Waals surface area contributed by atoms with E-state index in [-0.39, 0.29) is 23.5 Å². The molecule has 1 aliphatic rings. The molecule has 1 aromatic heterocycles. The number of amides is 1. The molecule has 2 heterocycles. The lowest BCUT2D eigenvalue weighted by Gasteiger charge is -2.27. The monoisotopic (exact) mass is 424 g/mol. The topological polar surface area (TPSA) is 85.8 Å². The Labute approximate surface area is 169 Å². The van der Waals surface area contributed by atoms with Crippen LogP contribution < -0.4 is 9.47 Å². The van der Waals surface area contributed by atoms with Crippen molar-refractivity contribution in [1.82, 2.24) is 9.88 Å². The highest BCUT2D eigenvalue weighted by molar-refractivity contribution is 7.91. The minimum Gasteiger partial charge on any atom is -0.493 e. The third-order valence-corrected chi connectivity index (χ3v) is 7.37. The minimum atomic E-state index is -3.06. The van der Waals surface area contributed by atoms with Gasteiger partial charge in [-0.1, -0.05) is 6.92 Å². The van der Waals surface area contributed by atoms with Gasteiger partial charge in [0, 0.05) is 23.5 Å². The van der Waals surface area contributed by atoms with Crippen LogP contribution in [0.5, 0.6) is 11.5 Å². The van der Waals surface area contributed by atoms with Crippen LogP contribution in [-0.4, -0.2) is 62.5 Å². The quantitative estimate of drug-likeness (QED) is 0.679. The van der Waals surface area contributed by atoms with Gasteiger partial charge in [0.15, 0.2) is 21.3 Å². The molecular formula is C19H24N2O5S2. The number of hydrogen-bond acceptors (Lipinski definition) is 7. The van der Waals surface area contributed by atoms with Gasteiger partial charge in [0.1, 0.15) is 10.7 Å². The first-order chi connectivity index (χ1) is 13.4. The van der Waals surface area contributed by atoms with Crippen LogP contribution in [0.25, 0.3) is 10.6 Å². The van der Waals surface area contributed by atoms with Crippen LogP contribution >= 0.6 is 11.3 Å². The zero-order valence-corrected chi connectivity index (χ0v) is 17.8. The van der Waals surface area contributed by atoms with Gasteiger partial charge in [-0.05, 0) is 31.0 Å². The molecule has 7 nitrogen and oxygen atoms in total. The Morgan fingerprint density at radius 3 is 2.64 bits per heavy atom. The Kier molecular flexibility index (Phi) is 6.24. The summed E-state index contributed by atoms with van der Waals surface area (Å²) in [4.78, 5) is 19.2. The average Bonchev–Trinajstić information content (AvgIpc) is 3.31. The maximum atomic E-state index is 13.0. The summed E-state index contributed by atoms with van der Waals surface area (Å²) in [5.41, 5.74) is 1.17. The van der Waals surface area contributed by atoms with Gasteiger partial charge in [0.05, 0.1) is 25.7 Å². The molecule has 0 N–H and O–H groups in total. The fraction of sp³-hybridized carbons (Fsp3) is 0.474. The molecule has 0 bridgehead atoms. The van der Waals surface area contributed by atoms with Crippen molar-refractivity contribution < 1.29 is 22.7 Å². The maximum absolute atomic E-state index is 13.0. The fourth-order valence-electron chi connectivity index (χ4n) is 3.33. The van der Waals surface area contributed by atoms with Gasteiger partial charge in [-0.15, -0.1) is 11.3 Å². The van der Waals surface area contributed by atoms with Crippen molar-refractivity contribution in [3.63, 3.8) is 0 Å². The second kappa shape index (κ2) is 8.48. The van der Waals surface area contributed by atoms with E-state index in [1.165, 1.54) is 11.3 Å². The zero-order valence-electron chi connectivity index (χ0n) is 16.2. The van der Waals surface area contributed by atoms with Crippen molar-refractivity contribution in [2.45, 2.75) is 25.8 Å². The summed E-state index contributed by atoms with van der Waals surface area (Å²) < 4.78 is 34.3. The van der Waals surface area contributed by atoms with Gasteiger partial charge in [0.2, 0.25) is 0 Å². The fourth-order valence-corrected chi connectivity index (χ4v) is 5.85. The largest absolute Gasteiger partial charge is 0.493 e. The molecule has 0 spiro atoms. The summed E-state index contributed by atoms with van der Waals surface area (Å²) in [6.07, 6.45) is 1.25. The number of thiazole rings is 1. The average molecular weight is 425 g/mol. The zero-order chi connectivity index (χ0) is 20.3. The third kappa shape index (κ3) is 4.30. The van der Waals surface area contributed by atoms with E-state index in [4.69, 9.17) is 9.47 Å². The van der Waals surface area contributed by atoms with Crippen LogP contribution in [0.4, 0.5) is 0 Å². The Morgan fingerprint density at radius 2 is 2.04 bits per heavy atom. The van der Waals surface area contributed by atoms with Gasteiger partial charge in [-0.3, -0.25) is 4.79 Å². The number of benzene rings is 1. The molecule has 1 saturated heterocycles. The first-order valence-corrected chi connectivity index (χ1v) is 11.8. The van der Waals surface area contributed by atoms with Crippen molar-refractivity contribution >= 4 is 27.1 Å². The number of nitrogens with zero attached hydrogens (tertiary/aromatic N) is 2. The molecule has 1 amide bonds. The molecule has 152 valence electrons. The summed E-state index contributed by atoms with van der Waals surface area (Å²) in [6.45, 7) is 2.49. The van der Waals surface area contributed by atoms with Crippen molar-refractivity contribution in [3.05, 3.63) is 29.3 Å². The molecule has 1 fully saturated rings. The lowest BCUT2D eigenvalue weighted by Crippen LogP contribution is -2.41. The van der Waals surface area contributed by atoms with E-state index in [0.717, 1.165) is 12.0 Å². The molecule has 1 aliphatic heterocycles. The number of carbonyl (C=O) groups is 1. The molecular weight excluding hydrogens is 400 g/mol. The van der Waals surface area contributed by atoms with Crippen LogP contribution in [0.15, 0.2) is 23.6 Å². The SMILES string of the molecule is CCCN(C(=O)c1csc(-c2ccc(OC)c(OC)c2)n1)C1CCS(=O)(=O)C1. The van der Waals surface area contributed by atoms with Gasteiger partial charge < -0.3 is 14.4 Å². The standard InChI is InChI=1S/C19H24N2O5S2/c1-4-8-21(14-7-9-28(23,24)12-14)19(22)15-11-27-18(20-15)13-5-6-16(25-2)17(10-13)26-3/h5-6,10-11,14H,4,7-9,12H2,1-3H3. The van der Waals surface area contributed by atoms with Crippen molar-refractivity contribution in [2.75, 3.05) is 32.3 Å². The van der Waals surface area contributed by atoms with E-state index in [1.807, 2.05) is 19.1 Å². The number of ether oxygens (including phenoxy) is 2. The summed E-state index contributed by atoms with van der Waals surface area (Å²) >= 11 is 1.37. The summed E-state index contributed by atoms with van der Waals surface area (Å²) in [5, 5.41) is 2.42. The van der Waals surface area contributed by atoms with Gasteiger partial charge in [-0.2, -0.15) is 0 Å². The maximum Gasteiger partial charge on any atom is 0.273 e.